The predicted octanol–water partition coefficient (Wildman–Crippen LogP) is 12.0. The van der Waals surface area contributed by atoms with Crippen LogP contribution in [0.15, 0.2) is 89.6 Å². The van der Waals surface area contributed by atoms with E-state index in [4.69, 9.17) is 37.4 Å². The average Bonchev–Trinajstić information content (AvgIpc) is 3.72. The van der Waals surface area contributed by atoms with Crippen LogP contribution in [0.2, 0.25) is 35.7 Å². The summed E-state index contributed by atoms with van der Waals surface area (Å²) in [5, 5.41) is 5.90. The standard InChI is InChI=1S/C51H62Cl2F2N6O6SSi/c1-50(2)18-17-37(42(29-50)36-9-11-38(52)12-10-36)32-59-21-23-60(24-22-59)39-13-14-41(47(27-39)67-46-8-6-7-45-43(46)31-57-61(45)34-65-25-26-69(3,4)5)48(62)58-68(63,64)40-28-44(53)49(56-30-40)66-33-35-15-19-51(54,55)20-16-35/h6-14,27-28,30-31,35H,15-26,29,32-34H2,1-5H3,(H,58,62). The molecule has 3 aromatic carbocycles. The molecule has 1 saturated heterocycles. The van der Waals surface area contributed by atoms with Gasteiger partial charge < -0.3 is 19.1 Å². The third-order valence-corrected chi connectivity index (χ3v) is 17.0. The van der Waals surface area contributed by atoms with Gasteiger partial charge in [0.25, 0.3) is 15.9 Å². The highest BCUT2D eigenvalue weighted by molar-refractivity contribution is 7.90. The molecule has 1 aliphatic heterocycles. The van der Waals surface area contributed by atoms with Gasteiger partial charge in [0, 0.05) is 77.0 Å². The summed E-state index contributed by atoms with van der Waals surface area (Å²) in [6.45, 7) is 16.5. The van der Waals surface area contributed by atoms with E-state index in [1.807, 2.05) is 30.3 Å². The van der Waals surface area contributed by atoms with Crippen LogP contribution in [0.4, 0.5) is 14.5 Å². The van der Waals surface area contributed by atoms with Gasteiger partial charge in [-0.15, -0.1) is 0 Å². The Hall–Kier alpha value is -4.58. The number of allylic oxidation sites excluding steroid dienone is 1. The molecular formula is C51H62Cl2F2N6O6SSi. The minimum atomic E-state index is -4.51. The Morgan fingerprint density at radius 1 is 0.928 bits per heavy atom. The lowest BCUT2D eigenvalue weighted by molar-refractivity contribution is -0.0500. The summed E-state index contributed by atoms with van der Waals surface area (Å²) < 4.78 is 77.2. The van der Waals surface area contributed by atoms with Gasteiger partial charge in [-0.3, -0.25) is 9.69 Å². The van der Waals surface area contributed by atoms with Gasteiger partial charge in [-0.25, -0.2) is 31.6 Å². The molecule has 3 heterocycles. The molecule has 8 rings (SSSR count). The number of nitrogens with one attached hydrogen (secondary N) is 1. The summed E-state index contributed by atoms with van der Waals surface area (Å²) in [6.07, 6.45) is 6.08. The molecule has 12 nitrogen and oxygen atoms in total. The van der Waals surface area contributed by atoms with E-state index < -0.39 is 29.9 Å². The number of fused-ring (bicyclic) bond motifs is 1. The van der Waals surface area contributed by atoms with Crippen LogP contribution >= 0.6 is 23.2 Å². The number of piperazine rings is 1. The molecule has 69 heavy (non-hydrogen) atoms. The van der Waals surface area contributed by atoms with E-state index in [0.717, 1.165) is 86.5 Å². The number of carbonyl (C=O) groups is 1. The van der Waals surface area contributed by atoms with E-state index in [-0.39, 0.29) is 64.6 Å². The van der Waals surface area contributed by atoms with Crippen molar-refractivity contribution in [3.63, 3.8) is 0 Å². The molecule has 0 spiro atoms. The van der Waals surface area contributed by atoms with E-state index in [1.54, 1.807) is 29.1 Å². The topological polar surface area (TPSA) is 128 Å². The number of halogens is 4. The number of carbonyl (C=O) groups excluding carboxylic acids is 1. The Morgan fingerprint density at radius 2 is 1.67 bits per heavy atom. The van der Waals surface area contributed by atoms with Gasteiger partial charge in [-0.2, -0.15) is 5.10 Å². The molecule has 0 atom stereocenters. The molecule has 1 N–H and O–H groups in total. The number of pyridine rings is 1. The molecule has 5 aromatic rings. The van der Waals surface area contributed by atoms with Crippen molar-refractivity contribution in [2.24, 2.45) is 11.3 Å². The molecule has 1 amide bonds. The van der Waals surface area contributed by atoms with Crippen molar-refractivity contribution < 1.29 is 36.2 Å². The quantitative estimate of drug-likeness (QED) is 0.0710. The highest BCUT2D eigenvalue weighted by Gasteiger charge is 2.35. The summed E-state index contributed by atoms with van der Waals surface area (Å²) in [5.74, 6) is -3.16. The first-order valence-electron chi connectivity index (χ1n) is 23.7. The number of rotatable bonds is 17. The zero-order valence-electron chi connectivity index (χ0n) is 40.0. The lowest BCUT2D eigenvalue weighted by Crippen LogP contribution is -2.47. The zero-order valence-corrected chi connectivity index (χ0v) is 43.3. The fourth-order valence-corrected chi connectivity index (χ4v) is 11.3. The summed E-state index contributed by atoms with van der Waals surface area (Å²) in [7, 11) is -5.80. The molecule has 2 aliphatic carbocycles. The minimum Gasteiger partial charge on any atom is -0.476 e. The van der Waals surface area contributed by atoms with E-state index >= 15 is 0 Å². The maximum Gasteiger partial charge on any atom is 0.268 e. The third kappa shape index (κ3) is 13.0. The van der Waals surface area contributed by atoms with Gasteiger partial charge >= 0.3 is 0 Å². The molecule has 18 heteroatoms. The highest BCUT2D eigenvalue weighted by atomic mass is 35.5. The number of hydrogen-bond donors (Lipinski definition) is 1. The monoisotopic (exact) mass is 1020 g/mol. The molecule has 2 fully saturated rings. The first-order chi connectivity index (χ1) is 32.7. The molecule has 370 valence electrons. The second kappa shape index (κ2) is 21.0. The van der Waals surface area contributed by atoms with E-state index in [0.29, 0.717) is 30.6 Å². The number of alkyl halides is 2. The van der Waals surface area contributed by atoms with Crippen LogP contribution in [0, 0.1) is 11.3 Å². The highest BCUT2D eigenvalue weighted by Crippen LogP contribution is 2.44. The van der Waals surface area contributed by atoms with Crippen LogP contribution in [0.5, 0.6) is 17.4 Å². The minimum absolute atomic E-state index is 0.0148. The molecule has 0 unspecified atom stereocenters. The van der Waals surface area contributed by atoms with E-state index in [9.17, 15) is 22.0 Å². The van der Waals surface area contributed by atoms with Crippen LogP contribution in [-0.2, 0) is 21.5 Å². The molecule has 3 aliphatic rings. The van der Waals surface area contributed by atoms with Crippen LogP contribution in [0.25, 0.3) is 16.5 Å². The van der Waals surface area contributed by atoms with Crippen LogP contribution in [-0.4, -0.2) is 93.9 Å². The Balaban J connectivity index is 1.01. The van der Waals surface area contributed by atoms with E-state index in [1.165, 1.54) is 16.7 Å². The van der Waals surface area contributed by atoms with Crippen molar-refractivity contribution in [3.05, 3.63) is 106 Å². The summed E-state index contributed by atoms with van der Waals surface area (Å²) in [6, 6.07) is 21.1. The zero-order chi connectivity index (χ0) is 49.1. The number of sulfonamides is 1. The average molecular weight is 1020 g/mol. The van der Waals surface area contributed by atoms with Gasteiger partial charge in [0.05, 0.1) is 35.5 Å². The van der Waals surface area contributed by atoms with E-state index in [2.05, 4.69) is 70.2 Å². The van der Waals surface area contributed by atoms with Crippen molar-refractivity contribution in [1.29, 1.82) is 0 Å². The number of nitrogens with zero attached hydrogens (tertiary/aromatic N) is 5. The number of amides is 1. The maximum absolute atomic E-state index is 14.1. The number of hydrogen-bond acceptors (Lipinski definition) is 10. The fourth-order valence-electron chi connectivity index (χ4n) is 9.15. The summed E-state index contributed by atoms with van der Waals surface area (Å²) in [5.41, 5.74) is 5.90. The first-order valence-corrected chi connectivity index (χ1v) is 29.7. The maximum atomic E-state index is 14.1. The summed E-state index contributed by atoms with van der Waals surface area (Å²) >= 11 is 12.7. The second-order valence-electron chi connectivity index (χ2n) is 20.7. The van der Waals surface area contributed by atoms with Crippen LogP contribution < -0.4 is 19.1 Å². The fraction of sp³-hybridized carbons (Fsp3) is 0.471. The van der Waals surface area contributed by atoms with Gasteiger partial charge in [-0.1, -0.05) is 80.5 Å². The van der Waals surface area contributed by atoms with Crippen molar-refractivity contribution in [2.45, 2.75) is 102 Å². The Morgan fingerprint density at radius 3 is 2.38 bits per heavy atom. The number of anilines is 1. The van der Waals surface area contributed by atoms with Crippen molar-refractivity contribution in [2.75, 3.05) is 50.8 Å². The number of ether oxygens (including phenoxy) is 3. The Labute approximate surface area is 415 Å². The first kappa shape index (κ1) is 50.8. The lowest BCUT2D eigenvalue weighted by atomic mass is 9.72. The largest absolute Gasteiger partial charge is 0.476 e. The molecule has 0 radical (unpaired) electrons. The SMILES string of the molecule is CC1(C)CCC(CN2CCN(c3ccc(C(=O)NS(=O)(=O)c4cnc(OCC5CCC(F)(F)CC5)c(Cl)c4)c(Oc4cccc5c4cnn5COCC[Si](C)(C)C)c3)CC2)=C(c2ccc(Cl)cc2)C1. The van der Waals surface area contributed by atoms with Gasteiger partial charge in [0.2, 0.25) is 11.8 Å². The second-order valence-corrected chi connectivity index (χ2v) is 28.8. The van der Waals surface area contributed by atoms with Crippen molar-refractivity contribution in [3.8, 4) is 17.4 Å². The van der Waals surface area contributed by atoms with Crippen molar-refractivity contribution >= 4 is 69.4 Å². The normalized spacial score (nSPS) is 18.1. The Kier molecular flexibility index (Phi) is 15.5. The van der Waals surface area contributed by atoms with Crippen molar-refractivity contribution in [1.82, 2.24) is 24.4 Å². The lowest BCUT2D eigenvalue weighted by Gasteiger charge is -2.39. The number of benzene rings is 3. The van der Waals surface area contributed by atoms with Gasteiger partial charge in [0.15, 0.2) is 0 Å². The molecule has 2 aromatic heterocycles. The van der Waals surface area contributed by atoms with Gasteiger partial charge in [-0.05, 0) is 103 Å². The number of aromatic nitrogens is 3. The van der Waals surface area contributed by atoms with Crippen LogP contribution in [0.3, 0.4) is 0 Å². The third-order valence-electron chi connectivity index (χ3n) is 13.4. The molecular weight excluding hydrogens is 962 g/mol. The van der Waals surface area contributed by atoms with Crippen LogP contribution in [0.1, 0.15) is 74.7 Å². The smallest absolute Gasteiger partial charge is 0.268 e. The molecule has 1 saturated carbocycles. The summed E-state index contributed by atoms with van der Waals surface area (Å²) in [4.78, 5) is 22.6. The van der Waals surface area contributed by atoms with Gasteiger partial charge in [0.1, 0.15) is 28.1 Å². The Bertz CT molecular complexity index is 2790. The predicted molar refractivity (Wildman–Crippen MR) is 271 cm³/mol. The molecule has 0 bridgehead atoms.